The molecule has 2 rings (SSSR count). The van der Waals surface area contributed by atoms with Gasteiger partial charge in [-0.15, -0.1) is 0 Å². The van der Waals surface area contributed by atoms with E-state index in [9.17, 15) is 0 Å². The lowest BCUT2D eigenvalue weighted by Crippen LogP contribution is -2.17. The first-order valence-corrected chi connectivity index (χ1v) is 4.16. The minimum Gasteiger partial charge on any atom is -0.461 e. The quantitative estimate of drug-likeness (QED) is 0.532. The Morgan fingerprint density at radius 3 is 3.36 bits per heavy atom. The van der Waals surface area contributed by atoms with E-state index in [1.54, 1.807) is 6.21 Å². The normalized spacial score (nSPS) is 14.6. The molecule has 0 aliphatic carbocycles. The zero-order valence-electron chi connectivity index (χ0n) is 6.07. The predicted octanol–water partition coefficient (Wildman–Crippen LogP) is 0.839. The number of hydrogen-bond donors (Lipinski definition) is 0. The summed E-state index contributed by atoms with van der Waals surface area (Å²) < 4.78 is 9.41. The minimum absolute atomic E-state index is 0.907. The highest BCUT2D eigenvalue weighted by Gasteiger charge is 1.94. The van der Waals surface area contributed by atoms with Gasteiger partial charge in [-0.05, 0) is 19.1 Å². The predicted molar refractivity (Wildman–Crippen MR) is 47.7 cm³/mol. The molecular weight excluding hydrogens is 158 g/mol. The summed E-state index contributed by atoms with van der Waals surface area (Å²) in [5.74, 6) is 0.943. The highest BCUT2D eigenvalue weighted by molar-refractivity contribution is 8.05. The first kappa shape index (κ1) is 6.73. The second-order valence-electron chi connectivity index (χ2n) is 2.32. The summed E-state index contributed by atoms with van der Waals surface area (Å²) >= 11 is 1.39. The summed E-state index contributed by atoms with van der Waals surface area (Å²) in [6, 6.07) is 2.00. The fraction of sp³-hybridized carbons (Fsp3) is 0.125. The van der Waals surface area contributed by atoms with Crippen molar-refractivity contribution in [3.05, 3.63) is 22.5 Å². The van der Waals surface area contributed by atoms with Crippen LogP contribution in [0.1, 0.15) is 5.76 Å². The van der Waals surface area contributed by atoms with Crippen LogP contribution in [0.5, 0.6) is 0 Å². The molecule has 0 saturated heterocycles. The van der Waals surface area contributed by atoms with Crippen molar-refractivity contribution >= 4 is 29.6 Å². The Kier molecular flexibility index (Phi) is 1.58. The number of rotatable bonds is 0. The van der Waals surface area contributed by atoms with Gasteiger partial charge >= 0.3 is 0 Å². The molecule has 0 N–H and O–H groups in total. The van der Waals surface area contributed by atoms with Gasteiger partial charge in [-0.2, -0.15) is 0 Å². The first-order chi connectivity index (χ1) is 5.36. The van der Waals surface area contributed by atoms with Crippen LogP contribution in [0, 0.1) is 6.92 Å². The van der Waals surface area contributed by atoms with Gasteiger partial charge in [0, 0.05) is 28.8 Å². The van der Waals surface area contributed by atoms with E-state index >= 15 is 0 Å². The molecule has 1 aromatic rings. The number of aryl methyl sites for hydroxylation is 1. The third kappa shape index (κ3) is 1.24. The van der Waals surface area contributed by atoms with Gasteiger partial charge in [-0.25, -0.2) is 4.40 Å². The van der Waals surface area contributed by atoms with Gasteiger partial charge in [0.1, 0.15) is 11.2 Å². The Labute approximate surface area is 68.5 Å². The van der Waals surface area contributed by atoms with E-state index in [1.807, 2.05) is 24.5 Å². The summed E-state index contributed by atoms with van der Waals surface area (Å²) in [4.78, 5) is 0. The molecular formula is C8H7NOS. The number of furan rings is 1. The molecule has 2 heterocycles. The second kappa shape index (κ2) is 2.58. The van der Waals surface area contributed by atoms with E-state index < -0.39 is 0 Å². The lowest BCUT2D eigenvalue weighted by atomic mass is 10.4. The molecule has 0 radical (unpaired) electrons. The van der Waals surface area contributed by atoms with Crippen molar-refractivity contribution < 1.29 is 4.42 Å². The zero-order chi connectivity index (χ0) is 7.68. The molecule has 0 bridgehead atoms. The van der Waals surface area contributed by atoms with Gasteiger partial charge in [0.05, 0.1) is 0 Å². The second-order valence-corrected chi connectivity index (χ2v) is 2.98. The molecule has 2 nitrogen and oxygen atoms in total. The Balaban J connectivity index is 2.79. The maximum absolute atomic E-state index is 5.40. The Morgan fingerprint density at radius 1 is 1.55 bits per heavy atom. The van der Waals surface area contributed by atoms with Crippen molar-refractivity contribution in [3.8, 4) is 0 Å². The average molecular weight is 165 g/mol. The molecule has 0 spiro atoms. The van der Waals surface area contributed by atoms with Crippen molar-refractivity contribution in [1.29, 1.82) is 0 Å². The van der Waals surface area contributed by atoms with Crippen LogP contribution in [0.4, 0.5) is 0 Å². The molecule has 1 aromatic heterocycles. The Bertz CT molecular complexity index is 402. The average Bonchev–Trinajstić information content (AvgIpc) is 2.17. The number of nitrogens with zero attached hydrogens (tertiary/aromatic N) is 1. The molecule has 3 heteroatoms. The van der Waals surface area contributed by atoms with E-state index in [1.165, 1.54) is 11.9 Å². The lowest BCUT2D eigenvalue weighted by molar-refractivity contribution is 0.502. The standard InChI is InChI=1S/C8H7NOS/c1-6-4-7-2-3-9-11-5-8(7)10-6/h2-5H,1H3. The monoisotopic (exact) mass is 165 g/mol. The molecule has 1 aliphatic heterocycles. The summed E-state index contributed by atoms with van der Waals surface area (Å²) in [7, 11) is 0. The van der Waals surface area contributed by atoms with Crippen LogP contribution in [-0.4, -0.2) is 6.21 Å². The maximum Gasteiger partial charge on any atom is 0.142 e. The molecule has 56 valence electrons. The lowest BCUT2D eigenvalue weighted by Gasteiger charge is -1.76. The van der Waals surface area contributed by atoms with Crippen LogP contribution in [0.2, 0.25) is 0 Å². The van der Waals surface area contributed by atoms with Crippen LogP contribution in [0.3, 0.4) is 0 Å². The van der Waals surface area contributed by atoms with Crippen molar-refractivity contribution in [2.75, 3.05) is 0 Å². The molecule has 1 aliphatic rings. The van der Waals surface area contributed by atoms with Gasteiger partial charge in [-0.1, -0.05) is 0 Å². The molecule has 0 aromatic carbocycles. The topological polar surface area (TPSA) is 25.5 Å². The molecule has 0 fully saturated rings. The van der Waals surface area contributed by atoms with Gasteiger partial charge in [0.15, 0.2) is 0 Å². The van der Waals surface area contributed by atoms with Crippen LogP contribution >= 0.6 is 11.9 Å². The van der Waals surface area contributed by atoms with Crippen LogP contribution < -0.4 is 10.6 Å². The third-order valence-electron chi connectivity index (χ3n) is 1.45. The SMILES string of the molecule is Cc1cc2c(o1)=CSN=CC=2. The molecule has 0 atom stereocenters. The van der Waals surface area contributed by atoms with Gasteiger partial charge in [-0.3, -0.25) is 0 Å². The van der Waals surface area contributed by atoms with Crippen molar-refractivity contribution in [1.82, 2.24) is 0 Å². The highest BCUT2D eigenvalue weighted by Crippen LogP contribution is 2.02. The fourth-order valence-electron chi connectivity index (χ4n) is 0.998. The highest BCUT2D eigenvalue weighted by atomic mass is 32.2. The van der Waals surface area contributed by atoms with Crippen LogP contribution in [-0.2, 0) is 0 Å². The maximum atomic E-state index is 5.40. The Morgan fingerprint density at radius 2 is 2.45 bits per heavy atom. The van der Waals surface area contributed by atoms with Gasteiger partial charge < -0.3 is 4.42 Å². The zero-order valence-corrected chi connectivity index (χ0v) is 6.89. The molecule has 0 saturated carbocycles. The van der Waals surface area contributed by atoms with Crippen molar-refractivity contribution in [2.45, 2.75) is 6.92 Å². The van der Waals surface area contributed by atoms with Crippen LogP contribution in [0.25, 0.3) is 11.5 Å². The summed E-state index contributed by atoms with van der Waals surface area (Å²) in [6.45, 7) is 1.94. The smallest absolute Gasteiger partial charge is 0.142 e. The number of hydrogen-bond acceptors (Lipinski definition) is 3. The number of fused-ring (bicyclic) bond motifs is 1. The molecule has 0 amide bonds. The summed E-state index contributed by atoms with van der Waals surface area (Å²) in [5, 5.41) is 3.01. The molecule has 11 heavy (non-hydrogen) atoms. The van der Waals surface area contributed by atoms with Crippen molar-refractivity contribution in [2.24, 2.45) is 4.40 Å². The first-order valence-electron chi connectivity index (χ1n) is 3.32. The minimum atomic E-state index is 0.907. The summed E-state index contributed by atoms with van der Waals surface area (Å²) in [6.07, 6.45) is 3.73. The van der Waals surface area contributed by atoms with Crippen LogP contribution in [0.15, 0.2) is 14.9 Å². The van der Waals surface area contributed by atoms with E-state index in [2.05, 4.69) is 4.40 Å². The van der Waals surface area contributed by atoms with E-state index in [-0.39, 0.29) is 0 Å². The van der Waals surface area contributed by atoms with E-state index in [0.717, 1.165) is 16.4 Å². The van der Waals surface area contributed by atoms with Gasteiger partial charge in [0.25, 0.3) is 0 Å². The molecule has 0 unspecified atom stereocenters. The summed E-state index contributed by atoms with van der Waals surface area (Å²) in [5.41, 5.74) is 0.907. The van der Waals surface area contributed by atoms with Gasteiger partial charge in [0.2, 0.25) is 0 Å². The largest absolute Gasteiger partial charge is 0.461 e. The van der Waals surface area contributed by atoms with Crippen molar-refractivity contribution in [3.63, 3.8) is 0 Å². The van der Waals surface area contributed by atoms with E-state index in [0.29, 0.717) is 0 Å². The fourth-order valence-corrected chi connectivity index (χ4v) is 1.47. The third-order valence-corrected chi connectivity index (χ3v) is 2.01. The van der Waals surface area contributed by atoms with E-state index in [4.69, 9.17) is 4.42 Å². The Hall–Kier alpha value is -0.960.